The van der Waals surface area contributed by atoms with Crippen molar-refractivity contribution in [2.24, 2.45) is 7.05 Å². The van der Waals surface area contributed by atoms with Crippen molar-refractivity contribution in [2.45, 2.75) is 6.92 Å². The number of aryl methyl sites for hydroxylation is 2. The third kappa shape index (κ3) is 1.82. The van der Waals surface area contributed by atoms with Gasteiger partial charge in [-0.05, 0) is 40.5 Å². The summed E-state index contributed by atoms with van der Waals surface area (Å²) < 4.78 is 15.4. The number of aromatic nitrogens is 2. The lowest BCUT2D eigenvalue weighted by atomic mass is 10.1. The Balaban J connectivity index is 2.56. The van der Waals surface area contributed by atoms with Crippen molar-refractivity contribution in [3.05, 3.63) is 34.1 Å². The molecule has 0 atom stereocenters. The molecule has 0 fully saturated rings. The summed E-state index contributed by atoms with van der Waals surface area (Å²) in [6, 6.07) is 5.21. The van der Waals surface area contributed by atoms with Crippen molar-refractivity contribution in [1.82, 2.24) is 9.78 Å². The van der Waals surface area contributed by atoms with Crippen LogP contribution in [0.15, 0.2) is 22.7 Å². The van der Waals surface area contributed by atoms with Crippen molar-refractivity contribution in [1.29, 1.82) is 0 Å². The van der Waals surface area contributed by atoms with Gasteiger partial charge in [-0.25, -0.2) is 4.39 Å². The number of benzene rings is 1. The maximum absolute atomic E-state index is 13.4. The van der Waals surface area contributed by atoms with Crippen LogP contribution in [0.2, 0.25) is 0 Å². The zero-order valence-electron chi connectivity index (χ0n) is 8.96. The molecule has 0 saturated carbocycles. The zero-order chi connectivity index (χ0) is 11.9. The summed E-state index contributed by atoms with van der Waals surface area (Å²) in [5.41, 5.74) is 7.86. The number of halogens is 2. The van der Waals surface area contributed by atoms with E-state index in [0.717, 1.165) is 11.3 Å². The van der Waals surface area contributed by atoms with Crippen LogP contribution >= 0.6 is 15.9 Å². The number of nitrogen functional groups attached to an aromatic ring is 1. The molecule has 2 aromatic rings. The molecule has 0 aliphatic carbocycles. The molecule has 3 nitrogen and oxygen atoms in total. The van der Waals surface area contributed by atoms with Gasteiger partial charge in [0.2, 0.25) is 0 Å². The molecule has 0 spiro atoms. The Morgan fingerprint density at radius 1 is 1.38 bits per heavy atom. The SMILES string of the molecule is Cc1cc(-c2cc(N)n(C)n2)cc(Br)c1F. The molecule has 84 valence electrons. The van der Waals surface area contributed by atoms with E-state index in [9.17, 15) is 4.39 Å². The molecule has 0 saturated heterocycles. The Morgan fingerprint density at radius 2 is 2.06 bits per heavy atom. The fourth-order valence-electron chi connectivity index (χ4n) is 1.50. The summed E-state index contributed by atoms with van der Waals surface area (Å²) in [7, 11) is 1.77. The number of nitrogens with two attached hydrogens (primary N) is 1. The van der Waals surface area contributed by atoms with Gasteiger partial charge < -0.3 is 5.73 Å². The number of anilines is 1. The van der Waals surface area contributed by atoms with Crippen LogP contribution in [0.25, 0.3) is 11.3 Å². The van der Waals surface area contributed by atoms with E-state index < -0.39 is 0 Å². The van der Waals surface area contributed by atoms with E-state index in [4.69, 9.17) is 5.73 Å². The quantitative estimate of drug-likeness (QED) is 0.875. The molecule has 0 aliphatic rings. The largest absolute Gasteiger partial charge is 0.384 e. The van der Waals surface area contributed by atoms with Crippen LogP contribution in [0.1, 0.15) is 5.56 Å². The maximum Gasteiger partial charge on any atom is 0.140 e. The molecule has 1 heterocycles. The smallest absolute Gasteiger partial charge is 0.140 e. The van der Waals surface area contributed by atoms with Crippen LogP contribution in [-0.2, 0) is 7.05 Å². The molecule has 0 amide bonds. The molecule has 1 aromatic heterocycles. The summed E-state index contributed by atoms with van der Waals surface area (Å²) >= 11 is 3.18. The predicted octanol–water partition coefficient (Wildman–Crippen LogP) is 2.88. The summed E-state index contributed by atoms with van der Waals surface area (Å²) in [5, 5.41) is 4.24. The number of rotatable bonds is 1. The third-order valence-corrected chi connectivity index (χ3v) is 3.00. The minimum atomic E-state index is -0.243. The molecular formula is C11H11BrFN3. The highest BCUT2D eigenvalue weighted by Gasteiger charge is 2.10. The van der Waals surface area contributed by atoms with E-state index in [-0.39, 0.29) is 5.82 Å². The Bertz CT molecular complexity index is 506. The number of hydrogen-bond donors (Lipinski definition) is 1. The lowest BCUT2D eigenvalue weighted by molar-refractivity contribution is 0.612. The normalized spacial score (nSPS) is 10.8. The fraction of sp³-hybridized carbons (Fsp3) is 0.182. The van der Waals surface area contributed by atoms with Gasteiger partial charge in [-0.15, -0.1) is 0 Å². The van der Waals surface area contributed by atoms with Gasteiger partial charge in [0, 0.05) is 18.7 Å². The van der Waals surface area contributed by atoms with E-state index in [1.54, 1.807) is 36.9 Å². The monoisotopic (exact) mass is 283 g/mol. The first-order chi connectivity index (χ1) is 7.49. The maximum atomic E-state index is 13.4. The highest BCUT2D eigenvalue weighted by molar-refractivity contribution is 9.10. The van der Waals surface area contributed by atoms with Gasteiger partial charge >= 0.3 is 0 Å². The lowest BCUT2D eigenvalue weighted by Crippen LogP contribution is -1.96. The van der Waals surface area contributed by atoms with Crippen LogP contribution < -0.4 is 5.73 Å². The van der Waals surface area contributed by atoms with Gasteiger partial charge in [-0.1, -0.05) is 0 Å². The Labute approximate surface area is 101 Å². The summed E-state index contributed by atoms with van der Waals surface area (Å²) in [5.74, 6) is 0.334. The molecule has 16 heavy (non-hydrogen) atoms. The van der Waals surface area contributed by atoms with E-state index in [2.05, 4.69) is 21.0 Å². The second-order valence-electron chi connectivity index (χ2n) is 3.67. The molecule has 0 radical (unpaired) electrons. The molecule has 1 aromatic carbocycles. The van der Waals surface area contributed by atoms with E-state index in [0.29, 0.717) is 15.9 Å². The number of hydrogen-bond acceptors (Lipinski definition) is 2. The van der Waals surface area contributed by atoms with Crippen LogP contribution in [0.5, 0.6) is 0 Å². The standard InChI is InChI=1S/C11H11BrFN3/c1-6-3-7(4-8(12)11(6)13)9-5-10(14)16(2)15-9/h3-5H,14H2,1-2H3. The lowest BCUT2D eigenvalue weighted by Gasteiger charge is -2.03. The van der Waals surface area contributed by atoms with Gasteiger partial charge in [-0.3, -0.25) is 4.68 Å². The van der Waals surface area contributed by atoms with Gasteiger partial charge in [-0.2, -0.15) is 5.10 Å². The molecule has 0 bridgehead atoms. The van der Waals surface area contributed by atoms with Crippen molar-refractivity contribution >= 4 is 21.7 Å². The fourth-order valence-corrected chi connectivity index (χ4v) is 2.06. The average Bonchev–Trinajstić information content (AvgIpc) is 2.55. The first kappa shape index (κ1) is 11.1. The van der Waals surface area contributed by atoms with Crippen molar-refractivity contribution in [3.8, 4) is 11.3 Å². The highest BCUT2D eigenvalue weighted by atomic mass is 79.9. The van der Waals surface area contributed by atoms with Gasteiger partial charge in [0.15, 0.2) is 0 Å². The first-order valence-electron chi connectivity index (χ1n) is 4.74. The van der Waals surface area contributed by atoms with Crippen LogP contribution in [0, 0.1) is 12.7 Å². The van der Waals surface area contributed by atoms with Crippen LogP contribution in [-0.4, -0.2) is 9.78 Å². The highest BCUT2D eigenvalue weighted by Crippen LogP contribution is 2.27. The van der Waals surface area contributed by atoms with Crippen LogP contribution in [0.4, 0.5) is 10.2 Å². The topological polar surface area (TPSA) is 43.8 Å². The molecule has 2 rings (SSSR count). The molecule has 0 aliphatic heterocycles. The van der Waals surface area contributed by atoms with Crippen LogP contribution in [0.3, 0.4) is 0 Å². The first-order valence-corrected chi connectivity index (χ1v) is 5.54. The zero-order valence-corrected chi connectivity index (χ0v) is 10.5. The summed E-state index contributed by atoms with van der Waals surface area (Å²) in [4.78, 5) is 0. The van der Waals surface area contributed by atoms with Crippen molar-refractivity contribution < 1.29 is 4.39 Å². The molecular weight excluding hydrogens is 273 g/mol. The predicted molar refractivity (Wildman–Crippen MR) is 65.5 cm³/mol. The minimum absolute atomic E-state index is 0.243. The summed E-state index contributed by atoms with van der Waals surface area (Å²) in [6.45, 7) is 1.72. The third-order valence-electron chi connectivity index (χ3n) is 2.42. The molecule has 2 N–H and O–H groups in total. The van der Waals surface area contributed by atoms with Gasteiger partial charge in [0.05, 0.1) is 10.2 Å². The number of nitrogens with zero attached hydrogens (tertiary/aromatic N) is 2. The Kier molecular flexibility index (Phi) is 2.71. The molecule has 0 unspecified atom stereocenters. The second kappa shape index (κ2) is 3.90. The molecule has 5 heteroatoms. The van der Waals surface area contributed by atoms with Crippen molar-refractivity contribution in [3.63, 3.8) is 0 Å². The average molecular weight is 284 g/mol. The van der Waals surface area contributed by atoms with E-state index in [1.807, 2.05) is 0 Å². The van der Waals surface area contributed by atoms with Crippen molar-refractivity contribution in [2.75, 3.05) is 5.73 Å². The Hall–Kier alpha value is -1.36. The second-order valence-corrected chi connectivity index (χ2v) is 4.52. The van der Waals surface area contributed by atoms with Gasteiger partial charge in [0.25, 0.3) is 0 Å². The minimum Gasteiger partial charge on any atom is -0.384 e. The summed E-state index contributed by atoms with van der Waals surface area (Å²) in [6.07, 6.45) is 0. The van der Waals surface area contributed by atoms with Gasteiger partial charge in [0.1, 0.15) is 11.6 Å². The van der Waals surface area contributed by atoms with E-state index >= 15 is 0 Å². The van der Waals surface area contributed by atoms with E-state index in [1.165, 1.54) is 0 Å². The Morgan fingerprint density at radius 3 is 2.56 bits per heavy atom.